The number of nitrogens with zero attached hydrogens (tertiary/aromatic N) is 4. The molecule has 0 unspecified atom stereocenters. The lowest BCUT2D eigenvalue weighted by Gasteiger charge is -2.24. The topological polar surface area (TPSA) is 52.8 Å². The Hall–Kier alpha value is -1.70. The van der Waals surface area contributed by atoms with E-state index in [1.165, 1.54) is 12.4 Å². The minimum absolute atomic E-state index is 0.401. The van der Waals surface area contributed by atoms with Gasteiger partial charge in [0.25, 0.3) is 0 Å². The van der Waals surface area contributed by atoms with E-state index in [1.54, 1.807) is 0 Å². The summed E-state index contributed by atoms with van der Waals surface area (Å²) in [5.41, 5.74) is 0. The highest BCUT2D eigenvalue weighted by Gasteiger charge is 2.10. The molecule has 0 atom stereocenters. The summed E-state index contributed by atoms with van der Waals surface area (Å²) in [6.45, 7) is 5.44. The maximum absolute atomic E-state index is 12.9. The zero-order valence-corrected chi connectivity index (χ0v) is 9.52. The van der Waals surface area contributed by atoms with E-state index in [-0.39, 0.29) is 0 Å². The summed E-state index contributed by atoms with van der Waals surface area (Å²) in [5, 5.41) is 8.57. The fraction of sp³-hybridized carbons (Fsp3) is 0.545. The average Bonchev–Trinajstić information content (AvgIpc) is 2.23. The molecule has 1 aromatic rings. The Morgan fingerprint density at radius 3 is 2.81 bits per heavy atom. The van der Waals surface area contributed by atoms with E-state index in [1.807, 2.05) is 4.90 Å². The average molecular weight is 222 g/mol. The highest BCUT2D eigenvalue weighted by atomic mass is 19.1. The molecular formula is C11H15FN4. The summed E-state index contributed by atoms with van der Waals surface area (Å²) >= 11 is 0. The van der Waals surface area contributed by atoms with Crippen LogP contribution in [0.25, 0.3) is 0 Å². The van der Waals surface area contributed by atoms with Crippen LogP contribution < -0.4 is 4.90 Å². The van der Waals surface area contributed by atoms with Crippen molar-refractivity contribution in [1.29, 1.82) is 5.26 Å². The number of aromatic nitrogens is 2. The third-order valence-corrected chi connectivity index (χ3v) is 2.02. The third-order valence-electron chi connectivity index (χ3n) is 2.02. The molecule has 4 nitrogen and oxygen atoms in total. The van der Waals surface area contributed by atoms with Crippen molar-refractivity contribution >= 4 is 5.82 Å². The molecule has 0 aromatic carbocycles. The quantitative estimate of drug-likeness (QED) is 0.715. The summed E-state index contributed by atoms with van der Waals surface area (Å²) in [7, 11) is 0. The molecule has 16 heavy (non-hydrogen) atoms. The maximum atomic E-state index is 12.9. The molecule has 0 aliphatic rings. The first-order chi connectivity index (χ1) is 7.63. The Balaban J connectivity index is 2.79. The van der Waals surface area contributed by atoms with E-state index in [4.69, 9.17) is 5.26 Å². The molecule has 1 aromatic heterocycles. The van der Waals surface area contributed by atoms with Gasteiger partial charge in [0.15, 0.2) is 0 Å². The van der Waals surface area contributed by atoms with Crippen molar-refractivity contribution in [2.45, 2.75) is 20.3 Å². The molecule has 0 amide bonds. The fourth-order valence-electron chi connectivity index (χ4n) is 1.42. The van der Waals surface area contributed by atoms with Gasteiger partial charge in [-0.1, -0.05) is 13.8 Å². The Kier molecular flexibility index (Phi) is 4.65. The Morgan fingerprint density at radius 2 is 2.25 bits per heavy atom. The van der Waals surface area contributed by atoms with Crippen LogP contribution in [0.4, 0.5) is 10.2 Å². The van der Waals surface area contributed by atoms with Crippen LogP contribution in [0, 0.1) is 23.2 Å². The van der Waals surface area contributed by atoms with Gasteiger partial charge >= 0.3 is 0 Å². The predicted octanol–water partition coefficient (Wildman–Crippen LogP) is 1.99. The van der Waals surface area contributed by atoms with E-state index in [0.717, 1.165) is 6.54 Å². The number of hydrogen-bond donors (Lipinski definition) is 0. The van der Waals surface area contributed by atoms with Gasteiger partial charge in [-0.15, -0.1) is 0 Å². The Bertz CT molecular complexity index is 372. The summed E-state index contributed by atoms with van der Waals surface area (Å²) in [6, 6.07) is 3.37. The minimum atomic E-state index is -0.546. The van der Waals surface area contributed by atoms with Crippen LogP contribution in [-0.4, -0.2) is 23.1 Å². The van der Waals surface area contributed by atoms with E-state index < -0.39 is 5.95 Å². The van der Waals surface area contributed by atoms with Crippen molar-refractivity contribution in [3.05, 3.63) is 18.3 Å². The van der Waals surface area contributed by atoms with E-state index in [0.29, 0.717) is 24.7 Å². The number of halogens is 1. The summed E-state index contributed by atoms with van der Waals surface area (Å²) in [4.78, 5) is 9.32. The molecule has 86 valence electrons. The number of anilines is 1. The summed E-state index contributed by atoms with van der Waals surface area (Å²) in [6.07, 6.45) is 1.60. The second-order valence-corrected chi connectivity index (χ2v) is 3.95. The van der Waals surface area contributed by atoms with Crippen LogP contribution in [0.5, 0.6) is 0 Å². The highest BCUT2D eigenvalue weighted by molar-refractivity contribution is 5.36. The van der Waals surface area contributed by atoms with Gasteiger partial charge in [-0.3, -0.25) is 0 Å². The molecule has 0 N–H and O–H groups in total. The van der Waals surface area contributed by atoms with Crippen molar-refractivity contribution in [2.24, 2.45) is 5.92 Å². The van der Waals surface area contributed by atoms with Gasteiger partial charge in [-0.05, 0) is 5.92 Å². The standard InChI is InChI=1S/C11H15FN4/c1-9(2)7-16(5-3-4-13)11-6-10(12)14-8-15-11/h6,8-9H,3,5,7H2,1-2H3. The normalized spacial score (nSPS) is 10.2. The molecule has 5 heteroatoms. The Morgan fingerprint density at radius 1 is 1.50 bits per heavy atom. The van der Waals surface area contributed by atoms with Gasteiger partial charge in [-0.2, -0.15) is 9.65 Å². The summed E-state index contributed by atoms with van der Waals surface area (Å²) in [5.74, 6) is 0.420. The fourth-order valence-corrected chi connectivity index (χ4v) is 1.42. The van der Waals surface area contributed by atoms with Gasteiger partial charge in [0.2, 0.25) is 5.95 Å². The number of hydrogen-bond acceptors (Lipinski definition) is 4. The monoisotopic (exact) mass is 222 g/mol. The Labute approximate surface area is 94.7 Å². The molecule has 1 rings (SSSR count). The molecule has 0 saturated carbocycles. The second-order valence-electron chi connectivity index (χ2n) is 3.95. The lowest BCUT2D eigenvalue weighted by Crippen LogP contribution is -2.29. The minimum Gasteiger partial charge on any atom is -0.355 e. The highest BCUT2D eigenvalue weighted by Crippen LogP contribution is 2.12. The van der Waals surface area contributed by atoms with E-state index >= 15 is 0 Å². The third kappa shape index (κ3) is 3.81. The van der Waals surface area contributed by atoms with Crippen LogP contribution in [0.2, 0.25) is 0 Å². The van der Waals surface area contributed by atoms with Crippen LogP contribution in [0.1, 0.15) is 20.3 Å². The molecule has 0 saturated heterocycles. The van der Waals surface area contributed by atoms with Crippen LogP contribution >= 0.6 is 0 Å². The predicted molar refractivity (Wildman–Crippen MR) is 59.3 cm³/mol. The molecule has 0 fully saturated rings. The largest absolute Gasteiger partial charge is 0.355 e. The first-order valence-corrected chi connectivity index (χ1v) is 5.23. The van der Waals surface area contributed by atoms with Crippen molar-refractivity contribution in [3.8, 4) is 6.07 Å². The van der Waals surface area contributed by atoms with Crippen molar-refractivity contribution < 1.29 is 4.39 Å². The SMILES string of the molecule is CC(C)CN(CCC#N)c1cc(F)ncn1. The summed E-state index contributed by atoms with van der Waals surface area (Å²) < 4.78 is 12.9. The number of nitriles is 1. The first-order valence-electron chi connectivity index (χ1n) is 5.23. The lowest BCUT2D eigenvalue weighted by molar-refractivity contribution is 0.570. The zero-order valence-electron chi connectivity index (χ0n) is 9.52. The number of rotatable bonds is 5. The van der Waals surface area contributed by atoms with Crippen molar-refractivity contribution in [2.75, 3.05) is 18.0 Å². The molecule has 0 aliphatic heterocycles. The molecule has 1 heterocycles. The van der Waals surface area contributed by atoms with Crippen molar-refractivity contribution in [1.82, 2.24) is 9.97 Å². The smallest absolute Gasteiger partial charge is 0.218 e. The molecule has 0 aliphatic carbocycles. The van der Waals surface area contributed by atoms with Crippen molar-refractivity contribution in [3.63, 3.8) is 0 Å². The van der Waals surface area contributed by atoms with E-state index in [2.05, 4.69) is 29.9 Å². The molecule has 0 radical (unpaired) electrons. The molecular weight excluding hydrogens is 207 g/mol. The zero-order chi connectivity index (χ0) is 12.0. The van der Waals surface area contributed by atoms with Crippen LogP contribution in [-0.2, 0) is 0 Å². The van der Waals surface area contributed by atoms with Gasteiger partial charge in [0, 0.05) is 19.2 Å². The van der Waals surface area contributed by atoms with Crippen LogP contribution in [0.15, 0.2) is 12.4 Å². The maximum Gasteiger partial charge on any atom is 0.218 e. The second kappa shape index (κ2) is 6.01. The van der Waals surface area contributed by atoms with Gasteiger partial charge in [-0.25, -0.2) is 9.97 Å². The van der Waals surface area contributed by atoms with E-state index in [9.17, 15) is 4.39 Å². The van der Waals surface area contributed by atoms with Gasteiger partial charge in [0.05, 0.1) is 12.5 Å². The first kappa shape index (κ1) is 12.4. The van der Waals surface area contributed by atoms with Crippen LogP contribution in [0.3, 0.4) is 0 Å². The van der Waals surface area contributed by atoms with Gasteiger partial charge in [0.1, 0.15) is 12.1 Å². The van der Waals surface area contributed by atoms with Gasteiger partial charge < -0.3 is 4.90 Å². The molecule has 0 spiro atoms. The lowest BCUT2D eigenvalue weighted by atomic mass is 10.2. The molecule has 0 bridgehead atoms.